The Morgan fingerprint density at radius 1 is 0.632 bits per heavy atom. The van der Waals surface area contributed by atoms with Crippen molar-refractivity contribution in [2.75, 3.05) is 13.1 Å². The van der Waals surface area contributed by atoms with Crippen molar-refractivity contribution in [3.63, 3.8) is 0 Å². The zero-order valence-corrected chi connectivity index (χ0v) is 25.8. The number of halogens is 2. The highest BCUT2D eigenvalue weighted by molar-refractivity contribution is 9.10. The van der Waals surface area contributed by atoms with Gasteiger partial charge in [0.15, 0.2) is 0 Å². The molecular formula is C30H36Br2N2O4. The summed E-state index contributed by atoms with van der Waals surface area (Å²) >= 11 is 7.11. The minimum atomic E-state index is -0.378. The lowest BCUT2D eigenvalue weighted by atomic mass is 9.85. The van der Waals surface area contributed by atoms with E-state index in [0.717, 1.165) is 51.4 Å². The van der Waals surface area contributed by atoms with Crippen molar-refractivity contribution in [1.29, 1.82) is 0 Å². The lowest BCUT2D eigenvalue weighted by Crippen LogP contribution is -2.46. The van der Waals surface area contributed by atoms with Gasteiger partial charge in [0.25, 0.3) is 23.6 Å². The molecule has 6 nitrogen and oxygen atoms in total. The molecule has 0 saturated heterocycles. The highest BCUT2D eigenvalue weighted by Gasteiger charge is 2.42. The van der Waals surface area contributed by atoms with E-state index >= 15 is 0 Å². The van der Waals surface area contributed by atoms with Crippen LogP contribution in [0.15, 0.2) is 21.1 Å². The lowest BCUT2D eigenvalue weighted by molar-refractivity contribution is 0.0558. The Bertz CT molecular complexity index is 1210. The molecule has 2 atom stereocenters. The van der Waals surface area contributed by atoms with E-state index in [1.807, 2.05) is 0 Å². The van der Waals surface area contributed by atoms with Gasteiger partial charge in [-0.3, -0.25) is 29.0 Å². The molecule has 0 N–H and O–H groups in total. The summed E-state index contributed by atoms with van der Waals surface area (Å²) in [6, 6.07) is 3.32. The van der Waals surface area contributed by atoms with Gasteiger partial charge in [-0.25, -0.2) is 0 Å². The second-order valence-corrected chi connectivity index (χ2v) is 12.3. The maximum absolute atomic E-state index is 13.8. The molecular weight excluding hydrogens is 612 g/mol. The summed E-state index contributed by atoms with van der Waals surface area (Å²) in [7, 11) is 0. The fourth-order valence-electron chi connectivity index (χ4n) is 5.75. The van der Waals surface area contributed by atoms with Gasteiger partial charge in [0, 0.05) is 43.9 Å². The summed E-state index contributed by atoms with van der Waals surface area (Å²) in [6.45, 7) is 9.13. The summed E-state index contributed by atoms with van der Waals surface area (Å²) in [4.78, 5) is 57.7. The van der Waals surface area contributed by atoms with Crippen LogP contribution in [-0.2, 0) is 0 Å². The predicted molar refractivity (Wildman–Crippen MR) is 157 cm³/mol. The largest absolute Gasteiger partial charge is 0.274 e. The van der Waals surface area contributed by atoms with Crippen LogP contribution in [0.25, 0.3) is 10.8 Å². The van der Waals surface area contributed by atoms with Gasteiger partial charge < -0.3 is 0 Å². The first-order chi connectivity index (χ1) is 18.2. The summed E-state index contributed by atoms with van der Waals surface area (Å²) in [5, 5.41) is 0.805. The van der Waals surface area contributed by atoms with Crippen LogP contribution >= 0.6 is 31.9 Å². The van der Waals surface area contributed by atoms with E-state index in [2.05, 4.69) is 59.6 Å². The third-order valence-electron chi connectivity index (χ3n) is 8.15. The molecule has 0 fully saturated rings. The van der Waals surface area contributed by atoms with Crippen LogP contribution in [0.1, 0.15) is 120 Å². The van der Waals surface area contributed by atoms with Crippen molar-refractivity contribution >= 4 is 66.3 Å². The molecule has 0 radical (unpaired) electrons. The van der Waals surface area contributed by atoms with Crippen molar-refractivity contribution in [3.05, 3.63) is 43.3 Å². The number of carbonyl (C=O) groups excluding carboxylic acids is 4. The van der Waals surface area contributed by atoms with Crippen LogP contribution in [0.3, 0.4) is 0 Å². The molecule has 0 aliphatic carbocycles. The van der Waals surface area contributed by atoms with Gasteiger partial charge >= 0.3 is 0 Å². The molecule has 2 aliphatic heterocycles. The zero-order chi connectivity index (χ0) is 27.7. The summed E-state index contributed by atoms with van der Waals surface area (Å²) in [5.74, 6) is -1.07. The van der Waals surface area contributed by atoms with Crippen LogP contribution in [0, 0.1) is 11.8 Å². The molecule has 8 heteroatoms. The molecule has 0 bridgehead atoms. The average Bonchev–Trinajstić information content (AvgIpc) is 2.90. The van der Waals surface area contributed by atoms with Gasteiger partial charge in [0.05, 0.1) is 11.1 Å². The van der Waals surface area contributed by atoms with Gasteiger partial charge in [-0.15, -0.1) is 0 Å². The van der Waals surface area contributed by atoms with Gasteiger partial charge in [-0.2, -0.15) is 0 Å². The topological polar surface area (TPSA) is 74.8 Å². The van der Waals surface area contributed by atoms with Crippen molar-refractivity contribution in [3.8, 4) is 0 Å². The smallest absolute Gasteiger partial charge is 0.262 e. The molecule has 0 unspecified atom stereocenters. The summed E-state index contributed by atoms with van der Waals surface area (Å²) in [5.41, 5.74) is 1.39. The first-order valence-electron chi connectivity index (χ1n) is 13.9. The number of amides is 4. The van der Waals surface area contributed by atoms with Crippen molar-refractivity contribution in [1.82, 2.24) is 9.80 Å². The fourth-order valence-corrected chi connectivity index (χ4v) is 6.95. The number of hydrogen-bond acceptors (Lipinski definition) is 4. The quantitative estimate of drug-likeness (QED) is 0.219. The molecule has 4 rings (SSSR count). The van der Waals surface area contributed by atoms with Crippen LogP contribution in [0.4, 0.5) is 0 Å². The molecule has 2 aromatic carbocycles. The molecule has 2 aliphatic rings. The predicted octanol–water partition coefficient (Wildman–Crippen LogP) is 7.99. The molecule has 38 heavy (non-hydrogen) atoms. The number of carbonyl (C=O) groups is 4. The molecule has 2 heterocycles. The molecule has 2 aromatic rings. The van der Waals surface area contributed by atoms with E-state index < -0.39 is 0 Å². The normalized spacial score (nSPS) is 16.6. The maximum Gasteiger partial charge on any atom is 0.262 e. The van der Waals surface area contributed by atoms with E-state index in [1.54, 1.807) is 12.1 Å². The minimum absolute atomic E-state index is 0.218. The molecule has 204 valence electrons. The van der Waals surface area contributed by atoms with Gasteiger partial charge in [-0.05, 0) is 68.7 Å². The SMILES string of the molecule is CCCC[C@H](CC)CN1C(=O)c2cc(Br)c3c4c(cc(Br)c(c24)C1=O)C(=O)N(C[C@@H](CC)CCCC)C3=O. The average molecular weight is 648 g/mol. The highest BCUT2D eigenvalue weighted by atomic mass is 79.9. The Balaban J connectivity index is 1.82. The Hall–Kier alpha value is -2.06. The Morgan fingerprint density at radius 3 is 1.32 bits per heavy atom. The second-order valence-electron chi connectivity index (χ2n) is 10.6. The lowest BCUT2D eigenvalue weighted by Gasteiger charge is -2.35. The number of nitrogens with zero attached hydrogens (tertiary/aromatic N) is 2. The fraction of sp³-hybridized carbons (Fsp3) is 0.533. The van der Waals surface area contributed by atoms with Gasteiger partial charge in [-0.1, -0.05) is 66.2 Å². The van der Waals surface area contributed by atoms with Crippen LogP contribution in [0.2, 0.25) is 0 Å². The van der Waals surface area contributed by atoms with E-state index in [0.29, 0.717) is 55.1 Å². The van der Waals surface area contributed by atoms with Crippen molar-refractivity contribution in [2.45, 2.75) is 79.1 Å². The van der Waals surface area contributed by atoms with Gasteiger partial charge in [0.2, 0.25) is 0 Å². The Labute approximate surface area is 241 Å². The van der Waals surface area contributed by atoms with Crippen LogP contribution < -0.4 is 0 Å². The van der Waals surface area contributed by atoms with Crippen LogP contribution in [0.5, 0.6) is 0 Å². The molecule has 0 spiro atoms. The number of hydrogen-bond donors (Lipinski definition) is 0. The highest BCUT2D eigenvalue weighted by Crippen LogP contribution is 2.44. The first-order valence-corrected chi connectivity index (χ1v) is 15.5. The third-order valence-corrected chi connectivity index (χ3v) is 9.40. The van der Waals surface area contributed by atoms with Crippen LogP contribution in [-0.4, -0.2) is 46.5 Å². The number of unbranched alkanes of at least 4 members (excludes halogenated alkanes) is 2. The van der Waals surface area contributed by atoms with Crippen molar-refractivity contribution in [2.24, 2.45) is 11.8 Å². The summed E-state index contributed by atoms with van der Waals surface area (Å²) < 4.78 is 0.943. The number of imide groups is 2. The maximum atomic E-state index is 13.8. The minimum Gasteiger partial charge on any atom is -0.274 e. The standard InChI is InChI=1S/C30H36Br2N2O4/c1-5-9-11-17(7-3)15-33-27(35)19-13-22(32)26-24-20(14-21(31)25(23(19)24)29(33)37)28(36)34(30(26)38)16-18(8-4)12-10-6-2/h13-14,17-18H,5-12,15-16H2,1-4H3/t17-,18-/m0/s1. The van der Waals surface area contributed by atoms with E-state index in [9.17, 15) is 19.2 Å². The van der Waals surface area contributed by atoms with Gasteiger partial charge in [0.1, 0.15) is 0 Å². The molecule has 0 saturated carbocycles. The Morgan fingerprint density at radius 2 is 1.00 bits per heavy atom. The second kappa shape index (κ2) is 12.0. The van der Waals surface area contributed by atoms with E-state index in [1.165, 1.54) is 9.80 Å². The first kappa shape index (κ1) is 28.9. The van der Waals surface area contributed by atoms with E-state index in [4.69, 9.17) is 0 Å². The monoisotopic (exact) mass is 646 g/mol. The third kappa shape index (κ3) is 4.99. The number of rotatable bonds is 12. The number of benzene rings is 2. The Kier molecular flexibility index (Phi) is 9.13. The zero-order valence-electron chi connectivity index (χ0n) is 22.7. The summed E-state index contributed by atoms with van der Waals surface area (Å²) in [6.07, 6.45) is 7.84. The van der Waals surface area contributed by atoms with Crippen molar-refractivity contribution < 1.29 is 19.2 Å². The molecule has 4 amide bonds. The van der Waals surface area contributed by atoms with E-state index in [-0.39, 0.29) is 35.5 Å². The molecule has 0 aromatic heterocycles.